The van der Waals surface area contributed by atoms with Crippen LogP contribution in [0, 0.1) is 5.92 Å². The Morgan fingerprint density at radius 1 is 1.25 bits per heavy atom. The van der Waals surface area contributed by atoms with Crippen molar-refractivity contribution in [1.82, 2.24) is 10.2 Å². The fraction of sp³-hybridized carbons (Fsp3) is 0.682. The zero-order valence-corrected chi connectivity index (χ0v) is 17.5. The van der Waals surface area contributed by atoms with E-state index in [4.69, 9.17) is 19.2 Å². The highest BCUT2D eigenvalue weighted by Gasteiger charge is 2.32. The second-order valence-electron chi connectivity index (χ2n) is 7.89. The van der Waals surface area contributed by atoms with Gasteiger partial charge in [-0.05, 0) is 31.7 Å². The first-order valence-electron chi connectivity index (χ1n) is 10.6. The van der Waals surface area contributed by atoms with Crippen LogP contribution in [0.1, 0.15) is 39.2 Å². The van der Waals surface area contributed by atoms with Gasteiger partial charge < -0.3 is 24.4 Å². The molecule has 0 radical (unpaired) electrons. The minimum Gasteiger partial charge on any atom is -0.493 e. The van der Waals surface area contributed by atoms with Gasteiger partial charge in [-0.2, -0.15) is 0 Å². The summed E-state index contributed by atoms with van der Waals surface area (Å²) in [4.78, 5) is 7.21. The van der Waals surface area contributed by atoms with Gasteiger partial charge in [0.05, 0.1) is 25.9 Å². The summed E-state index contributed by atoms with van der Waals surface area (Å²) in [7, 11) is 0. The second-order valence-corrected chi connectivity index (χ2v) is 7.89. The number of aliphatic imine (C=N–C) groups is 1. The minimum absolute atomic E-state index is 0.127. The Hall–Kier alpha value is -1.79. The van der Waals surface area contributed by atoms with Crippen molar-refractivity contribution in [1.29, 1.82) is 0 Å². The minimum atomic E-state index is 0.127. The summed E-state index contributed by atoms with van der Waals surface area (Å²) in [6.45, 7) is 11.8. The summed E-state index contributed by atoms with van der Waals surface area (Å²) in [5.74, 6) is 2.36. The molecule has 28 heavy (non-hydrogen) atoms. The van der Waals surface area contributed by atoms with E-state index in [0.29, 0.717) is 25.7 Å². The number of ether oxygens (including phenoxy) is 3. The van der Waals surface area contributed by atoms with Crippen molar-refractivity contribution in [3.05, 3.63) is 29.8 Å². The van der Waals surface area contributed by atoms with E-state index < -0.39 is 0 Å². The molecule has 0 aliphatic carbocycles. The largest absolute Gasteiger partial charge is 0.493 e. The molecule has 2 heterocycles. The Balaban J connectivity index is 1.67. The molecule has 1 aromatic rings. The maximum Gasteiger partial charge on any atom is 0.194 e. The average molecular weight is 390 g/mol. The van der Waals surface area contributed by atoms with Crippen molar-refractivity contribution in [3.63, 3.8) is 0 Å². The molecular weight excluding hydrogens is 354 g/mol. The molecule has 156 valence electrons. The number of para-hydroxylation sites is 1. The highest BCUT2D eigenvalue weighted by molar-refractivity contribution is 5.80. The van der Waals surface area contributed by atoms with E-state index in [9.17, 15) is 0 Å². The Bertz CT molecular complexity index is 629. The highest BCUT2D eigenvalue weighted by atomic mass is 16.5. The van der Waals surface area contributed by atoms with Gasteiger partial charge >= 0.3 is 0 Å². The van der Waals surface area contributed by atoms with Crippen LogP contribution in [0.2, 0.25) is 0 Å². The van der Waals surface area contributed by atoms with Gasteiger partial charge in [0, 0.05) is 31.8 Å². The van der Waals surface area contributed by atoms with Gasteiger partial charge in [-0.25, -0.2) is 4.99 Å². The lowest BCUT2D eigenvalue weighted by Gasteiger charge is -2.37. The van der Waals surface area contributed by atoms with Crippen LogP contribution in [-0.4, -0.2) is 62.5 Å². The fourth-order valence-electron chi connectivity index (χ4n) is 3.61. The Morgan fingerprint density at radius 3 is 2.82 bits per heavy atom. The van der Waals surface area contributed by atoms with Crippen LogP contribution in [0.3, 0.4) is 0 Å². The number of hydrogen-bond donors (Lipinski definition) is 1. The lowest BCUT2D eigenvalue weighted by molar-refractivity contribution is -0.0817. The number of hydrogen-bond acceptors (Lipinski definition) is 4. The molecule has 0 bridgehead atoms. The number of nitrogens with zero attached hydrogens (tertiary/aromatic N) is 2. The Morgan fingerprint density at radius 2 is 2.07 bits per heavy atom. The van der Waals surface area contributed by atoms with Crippen molar-refractivity contribution < 1.29 is 14.2 Å². The standard InChI is InChI=1S/C22H35N3O3/c1-4-23-22(25-11-13-27-21(15-25)20-10-7-12-26-20)24-14-18-8-5-6-9-19(18)28-16-17(2)3/h5-6,8-9,17,20-21H,4,7,10-16H2,1-3H3,(H,23,24). The number of rotatable bonds is 7. The van der Waals surface area contributed by atoms with Crippen LogP contribution < -0.4 is 10.1 Å². The number of nitrogens with one attached hydrogen (secondary N) is 1. The van der Waals surface area contributed by atoms with Gasteiger partial charge in [-0.1, -0.05) is 32.0 Å². The quantitative estimate of drug-likeness (QED) is 0.574. The van der Waals surface area contributed by atoms with E-state index in [2.05, 4.69) is 37.1 Å². The molecule has 1 N–H and O–H groups in total. The molecular formula is C22H35N3O3. The summed E-state index contributed by atoms with van der Waals surface area (Å²) < 4.78 is 17.8. The molecule has 2 atom stereocenters. The maximum atomic E-state index is 5.99. The zero-order chi connectivity index (χ0) is 19.8. The van der Waals surface area contributed by atoms with Crippen molar-refractivity contribution in [3.8, 4) is 5.75 Å². The van der Waals surface area contributed by atoms with Crippen LogP contribution >= 0.6 is 0 Å². The SMILES string of the molecule is CCNC(=NCc1ccccc1OCC(C)C)N1CCOC(C2CCCO2)C1. The van der Waals surface area contributed by atoms with E-state index in [0.717, 1.165) is 56.4 Å². The first-order valence-corrected chi connectivity index (χ1v) is 10.6. The van der Waals surface area contributed by atoms with E-state index in [1.807, 2.05) is 18.2 Å². The van der Waals surface area contributed by atoms with Crippen LogP contribution in [0.5, 0.6) is 5.75 Å². The Labute approximate surface area is 169 Å². The third-order valence-electron chi connectivity index (χ3n) is 5.05. The number of benzene rings is 1. The fourth-order valence-corrected chi connectivity index (χ4v) is 3.61. The van der Waals surface area contributed by atoms with Crippen molar-refractivity contribution in [2.75, 3.05) is 39.5 Å². The monoisotopic (exact) mass is 389 g/mol. The third-order valence-corrected chi connectivity index (χ3v) is 5.05. The molecule has 2 saturated heterocycles. The highest BCUT2D eigenvalue weighted by Crippen LogP contribution is 2.22. The molecule has 2 fully saturated rings. The third kappa shape index (κ3) is 5.85. The van der Waals surface area contributed by atoms with Gasteiger partial charge in [0.2, 0.25) is 0 Å². The van der Waals surface area contributed by atoms with Gasteiger partial charge in [0.15, 0.2) is 5.96 Å². The molecule has 0 saturated carbocycles. The summed E-state index contributed by atoms with van der Waals surface area (Å²) in [5.41, 5.74) is 1.11. The van der Waals surface area contributed by atoms with Gasteiger partial charge in [0.25, 0.3) is 0 Å². The van der Waals surface area contributed by atoms with Crippen molar-refractivity contribution in [2.24, 2.45) is 10.9 Å². The van der Waals surface area contributed by atoms with Gasteiger partial charge in [-0.3, -0.25) is 0 Å². The van der Waals surface area contributed by atoms with E-state index in [-0.39, 0.29) is 12.2 Å². The zero-order valence-electron chi connectivity index (χ0n) is 17.5. The van der Waals surface area contributed by atoms with E-state index >= 15 is 0 Å². The average Bonchev–Trinajstić information content (AvgIpc) is 3.25. The van der Waals surface area contributed by atoms with E-state index in [1.165, 1.54) is 0 Å². The predicted molar refractivity (Wildman–Crippen MR) is 112 cm³/mol. The lowest BCUT2D eigenvalue weighted by atomic mass is 10.1. The van der Waals surface area contributed by atoms with Crippen LogP contribution in [0.4, 0.5) is 0 Å². The molecule has 2 unspecified atom stereocenters. The Kier molecular flexibility index (Phi) is 7.98. The molecule has 1 aromatic carbocycles. The summed E-state index contributed by atoms with van der Waals surface area (Å²) in [6.07, 6.45) is 2.57. The molecule has 2 aliphatic rings. The summed E-state index contributed by atoms with van der Waals surface area (Å²) >= 11 is 0. The molecule has 6 heteroatoms. The van der Waals surface area contributed by atoms with Crippen LogP contribution in [0.25, 0.3) is 0 Å². The molecule has 0 amide bonds. The van der Waals surface area contributed by atoms with Crippen molar-refractivity contribution in [2.45, 2.75) is 52.4 Å². The first-order chi connectivity index (χ1) is 13.7. The normalized spacial score (nSPS) is 23.3. The smallest absolute Gasteiger partial charge is 0.194 e. The molecule has 6 nitrogen and oxygen atoms in total. The van der Waals surface area contributed by atoms with Gasteiger partial charge in [-0.15, -0.1) is 0 Å². The second kappa shape index (κ2) is 10.7. The topological polar surface area (TPSA) is 55.3 Å². The molecule has 0 spiro atoms. The maximum absolute atomic E-state index is 5.99. The van der Waals surface area contributed by atoms with E-state index in [1.54, 1.807) is 0 Å². The van der Waals surface area contributed by atoms with Gasteiger partial charge in [0.1, 0.15) is 11.9 Å². The number of morpholine rings is 1. The molecule has 2 aliphatic heterocycles. The lowest BCUT2D eigenvalue weighted by Crippen LogP contribution is -2.53. The summed E-state index contributed by atoms with van der Waals surface area (Å²) in [6, 6.07) is 8.18. The van der Waals surface area contributed by atoms with Crippen LogP contribution in [0.15, 0.2) is 29.3 Å². The molecule has 3 rings (SSSR count). The van der Waals surface area contributed by atoms with Crippen LogP contribution in [-0.2, 0) is 16.0 Å². The summed E-state index contributed by atoms with van der Waals surface area (Å²) in [5, 5.41) is 3.44. The first kappa shape index (κ1) is 20.9. The number of guanidine groups is 1. The molecule has 0 aromatic heterocycles. The van der Waals surface area contributed by atoms with Crippen molar-refractivity contribution >= 4 is 5.96 Å². The predicted octanol–water partition coefficient (Wildman–Crippen LogP) is 3.07.